The average Bonchev–Trinajstić information content (AvgIpc) is 2.12. The van der Waals surface area contributed by atoms with Crippen LogP contribution in [0.3, 0.4) is 0 Å². The molecule has 13 heavy (non-hydrogen) atoms. The van der Waals surface area contributed by atoms with Crippen molar-refractivity contribution in [1.29, 1.82) is 0 Å². The molecule has 0 amide bonds. The van der Waals surface area contributed by atoms with Gasteiger partial charge in [-0.25, -0.2) is 13.2 Å². The molecule has 1 aromatic rings. The average molecular weight is 189 g/mol. The van der Waals surface area contributed by atoms with E-state index in [0.29, 0.717) is 12.1 Å². The van der Waals surface area contributed by atoms with E-state index < -0.39 is 17.5 Å². The Morgan fingerprint density at radius 2 is 1.62 bits per heavy atom. The summed E-state index contributed by atoms with van der Waals surface area (Å²) in [6, 6.07) is 1.42. The van der Waals surface area contributed by atoms with E-state index in [4.69, 9.17) is 11.6 Å². The summed E-state index contributed by atoms with van der Waals surface area (Å²) in [7, 11) is 0. The first kappa shape index (κ1) is 9.37. The topological polar surface area (TPSA) is 64.4 Å². The van der Waals surface area contributed by atoms with E-state index in [-0.39, 0.29) is 11.4 Å². The molecule has 0 aliphatic heterocycles. The molecule has 0 heterocycles. The number of hydrogen-bond donors (Lipinski definition) is 2. The third kappa shape index (κ3) is 1.71. The van der Waals surface area contributed by atoms with Crippen LogP contribution in [0.1, 0.15) is 5.56 Å². The number of nitrogens with zero attached hydrogens (tertiary/aromatic N) is 1. The lowest BCUT2D eigenvalue weighted by Gasteiger charge is -2.00. The standard InChI is InChI=1S/C7H6F3N3/c8-4-1-3(7(11)13-12)2-5(9)6(4)10/h1-2H,12H2,(H2,11,13). The van der Waals surface area contributed by atoms with E-state index in [9.17, 15) is 13.2 Å². The maximum atomic E-state index is 12.6. The van der Waals surface area contributed by atoms with Crippen LogP contribution in [0.2, 0.25) is 0 Å². The minimum Gasteiger partial charge on any atom is -0.382 e. The fourth-order valence-corrected chi connectivity index (χ4v) is 0.778. The van der Waals surface area contributed by atoms with Crippen LogP contribution in [0.4, 0.5) is 13.2 Å². The molecule has 1 aromatic carbocycles. The Balaban J connectivity index is 3.29. The Morgan fingerprint density at radius 3 is 2.00 bits per heavy atom. The lowest BCUT2D eigenvalue weighted by Crippen LogP contribution is -2.16. The highest BCUT2D eigenvalue weighted by Gasteiger charge is 2.11. The highest BCUT2D eigenvalue weighted by molar-refractivity contribution is 5.97. The quantitative estimate of drug-likeness (QED) is 0.224. The Bertz CT molecular complexity index is 339. The van der Waals surface area contributed by atoms with Crippen molar-refractivity contribution in [3.63, 3.8) is 0 Å². The van der Waals surface area contributed by atoms with Gasteiger partial charge in [-0.15, -0.1) is 0 Å². The Morgan fingerprint density at radius 1 is 1.15 bits per heavy atom. The van der Waals surface area contributed by atoms with Gasteiger partial charge < -0.3 is 11.6 Å². The monoisotopic (exact) mass is 189 g/mol. The summed E-state index contributed by atoms with van der Waals surface area (Å²) in [4.78, 5) is 0. The number of amidine groups is 1. The zero-order chi connectivity index (χ0) is 10.0. The van der Waals surface area contributed by atoms with Crippen LogP contribution in [0.15, 0.2) is 17.2 Å². The van der Waals surface area contributed by atoms with Crippen LogP contribution in [-0.4, -0.2) is 5.84 Å². The van der Waals surface area contributed by atoms with E-state index in [1.165, 1.54) is 0 Å². The van der Waals surface area contributed by atoms with Gasteiger partial charge in [-0.2, -0.15) is 5.10 Å². The number of hydrogen-bond acceptors (Lipinski definition) is 2. The number of hydrazone groups is 1. The zero-order valence-corrected chi connectivity index (χ0v) is 6.39. The molecule has 0 radical (unpaired) electrons. The van der Waals surface area contributed by atoms with Crippen LogP contribution >= 0.6 is 0 Å². The first-order valence-electron chi connectivity index (χ1n) is 3.24. The third-order valence-electron chi connectivity index (χ3n) is 1.42. The summed E-state index contributed by atoms with van der Waals surface area (Å²) in [5.41, 5.74) is 5.05. The first-order chi connectivity index (χ1) is 6.06. The first-order valence-corrected chi connectivity index (χ1v) is 3.24. The van der Waals surface area contributed by atoms with Gasteiger partial charge in [0.1, 0.15) is 5.84 Å². The molecule has 3 nitrogen and oxygen atoms in total. The van der Waals surface area contributed by atoms with E-state index in [1.807, 2.05) is 0 Å². The van der Waals surface area contributed by atoms with E-state index in [2.05, 4.69) is 5.10 Å². The van der Waals surface area contributed by atoms with Gasteiger partial charge in [-0.1, -0.05) is 0 Å². The molecule has 4 N–H and O–H groups in total. The van der Waals surface area contributed by atoms with Crippen molar-refractivity contribution in [2.45, 2.75) is 0 Å². The second-order valence-electron chi connectivity index (χ2n) is 2.27. The lowest BCUT2D eigenvalue weighted by atomic mass is 10.2. The van der Waals surface area contributed by atoms with Crippen molar-refractivity contribution >= 4 is 5.84 Å². The molecule has 0 saturated heterocycles. The number of benzene rings is 1. The normalized spacial score (nSPS) is 11.8. The van der Waals surface area contributed by atoms with E-state index >= 15 is 0 Å². The van der Waals surface area contributed by atoms with Crippen LogP contribution in [0, 0.1) is 17.5 Å². The number of halogens is 3. The maximum Gasteiger partial charge on any atom is 0.194 e. The predicted molar refractivity (Wildman–Crippen MR) is 41.2 cm³/mol. The molecule has 6 heteroatoms. The Kier molecular flexibility index (Phi) is 2.41. The van der Waals surface area contributed by atoms with Crippen LogP contribution in [-0.2, 0) is 0 Å². The van der Waals surface area contributed by atoms with Crippen LogP contribution < -0.4 is 11.6 Å². The molecular weight excluding hydrogens is 183 g/mol. The summed E-state index contributed by atoms with van der Waals surface area (Å²) in [5, 5.41) is 3.01. The van der Waals surface area contributed by atoms with Crippen molar-refractivity contribution in [3.05, 3.63) is 35.1 Å². The lowest BCUT2D eigenvalue weighted by molar-refractivity contribution is 0.447. The second kappa shape index (κ2) is 3.34. The summed E-state index contributed by atoms with van der Waals surface area (Å²) in [5.74, 6) is 0.289. The van der Waals surface area contributed by atoms with Gasteiger partial charge in [0.2, 0.25) is 0 Å². The van der Waals surface area contributed by atoms with Gasteiger partial charge in [0.25, 0.3) is 0 Å². The smallest absolute Gasteiger partial charge is 0.194 e. The minimum atomic E-state index is -1.55. The van der Waals surface area contributed by atoms with Gasteiger partial charge >= 0.3 is 0 Å². The highest BCUT2D eigenvalue weighted by Crippen LogP contribution is 2.12. The van der Waals surface area contributed by atoms with Crippen LogP contribution in [0.5, 0.6) is 0 Å². The van der Waals surface area contributed by atoms with Crippen molar-refractivity contribution in [2.75, 3.05) is 0 Å². The highest BCUT2D eigenvalue weighted by atomic mass is 19.2. The van der Waals surface area contributed by atoms with Crippen molar-refractivity contribution in [1.82, 2.24) is 0 Å². The number of nitrogens with two attached hydrogens (primary N) is 2. The van der Waals surface area contributed by atoms with Gasteiger partial charge in [-0.05, 0) is 12.1 Å². The summed E-state index contributed by atoms with van der Waals surface area (Å²) < 4.78 is 37.6. The van der Waals surface area contributed by atoms with Crippen molar-refractivity contribution in [3.8, 4) is 0 Å². The van der Waals surface area contributed by atoms with E-state index in [1.54, 1.807) is 0 Å². The van der Waals surface area contributed by atoms with Crippen molar-refractivity contribution < 1.29 is 13.2 Å². The zero-order valence-electron chi connectivity index (χ0n) is 6.39. The second-order valence-corrected chi connectivity index (χ2v) is 2.27. The molecule has 0 aromatic heterocycles. The van der Waals surface area contributed by atoms with E-state index in [0.717, 1.165) is 0 Å². The fourth-order valence-electron chi connectivity index (χ4n) is 0.778. The molecule has 1 rings (SSSR count). The van der Waals surface area contributed by atoms with Gasteiger partial charge in [-0.3, -0.25) is 0 Å². The molecule has 0 bridgehead atoms. The molecule has 0 saturated carbocycles. The maximum absolute atomic E-state index is 12.6. The van der Waals surface area contributed by atoms with Crippen LogP contribution in [0.25, 0.3) is 0 Å². The molecule has 0 aliphatic rings. The van der Waals surface area contributed by atoms with Gasteiger partial charge in [0, 0.05) is 5.56 Å². The van der Waals surface area contributed by atoms with Crippen molar-refractivity contribution in [2.24, 2.45) is 16.7 Å². The van der Waals surface area contributed by atoms with Gasteiger partial charge in [0.05, 0.1) is 0 Å². The van der Waals surface area contributed by atoms with Gasteiger partial charge in [0.15, 0.2) is 17.5 Å². The molecule has 0 aliphatic carbocycles. The molecule has 0 atom stereocenters. The Labute approximate surface area is 71.8 Å². The predicted octanol–water partition coefficient (Wildman–Crippen LogP) is 0.683. The molecule has 0 fully saturated rings. The molecule has 0 spiro atoms. The SMILES string of the molecule is N/N=C(\N)c1cc(F)c(F)c(F)c1. The molecule has 70 valence electrons. The fraction of sp³-hybridized carbons (Fsp3) is 0. The number of rotatable bonds is 1. The molecule has 0 unspecified atom stereocenters. The largest absolute Gasteiger partial charge is 0.382 e. The Hall–Kier alpha value is -1.72. The molecular formula is C7H6F3N3. The third-order valence-corrected chi connectivity index (χ3v) is 1.42. The minimum absolute atomic E-state index is 0.0982. The summed E-state index contributed by atoms with van der Waals surface area (Å²) in [6.07, 6.45) is 0. The summed E-state index contributed by atoms with van der Waals surface area (Å²) >= 11 is 0. The summed E-state index contributed by atoms with van der Waals surface area (Å²) in [6.45, 7) is 0.